The zero-order valence-electron chi connectivity index (χ0n) is 19.0. The van der Waals surface area contributed by atoms with E-state index in [1.54, 1.807) is 18.2 Å². The van der Waals surface area contributed by atoms with E-state index in [1.807, 2.05) is 17.7 Å². The molecule has 1 aliphatic rings. The normalized spacial score (nSPS) is 14.4. The van der Waals surface area contributed by atoms with Crippen molar-refractivity contribution in [1.82, 2.24) is 13.9 Å². The van der Waals surface area contributed by atoms with Gasteiger partial charge in [-0.15, -0.1) is 0 Å². The van der Waals surface area contributed by atoms with Crippen molar-refractivity contribution in [1.29, 1.82) is 0 Å². The molecule has 33 heavy (non-hydrogen) atoms. The quantitative estimate of drug-likeness (QED) is 0.570. The molecule has 4 rings (SSSR count). The Bertz CT molecular complexity index is 1300. The Balaban J connectivity index is 1.50. The summed E-state index contributed by atoms with van der Waals surface area (Å²) in [5, 5.41) is 2.74. The van der Waals surface area contributed by atoms with E-state index >= 15 is 0 Å². The number of fused-ring (bicyclic) bond motifs is 1. The monoisotopic (exact) mass is 473 g/mol. The number of para-hydroxylation sites is 1. The van der Waals surface area contributed by atoms with Gasteiger partial charge in [-0.3, -0.25) is 4.79 Å². The number of imidazole rings is 1. The fourth-order valence-corrected chi connectivity index (χ4v) is 5.03. The van der Waals surface area contributed by atoms with Gasteiger partial charge in [0, 0.05) is 47.1 Å². The van der Waals surface area contributed by atoms with Crippen molar-refractivity contribution in [2.45, 2.75) is 30.6 Å². The smallest absolute Gasteiger partial charge is 0.242 e. The lowest BCUT2D eigenvalue weighted by atomic mass is 10.2. The third kappa shape index (κ3) is 4.58. The lowest BCUT2D eigenvalue weighted by Gasteiger charge is -2.22. The first-order chi connectivity index (χ1) is 15.7. The average molecular weight is 474 g/mol. The highest BCUT2D eigenvalue weighted by molar-refractivity contribution is 7.89. The molecular formula is C23H28FN5O3S. The highest BCUT2D eigenvalue weighted by atomic mass is 32.2. The molecular weight excluding hydrogens is 445 g/mol. The minimum absolute atomic E-state index is 0.119. The Kier molecular flexibility index (Phi) is 6.40. The summed E-state index contributed by atoms with van der Waals surface area (Å²) in [5.74, 6) is -0.110. The first kappa shape index (κ1) is 23.2. The van der Waals surface area contributed by atoms with E-state index < -0.39 is 15.8 Å². The van der Waals surface area contributed by atoms with Gasteiger partial charge in [0.1, 0.15) is 17.3 Å². The standard InChI is InChI=1S/C23H28FN5O3S/c1-27(2)33(31,32)16-9-10-19-18(15-16)25-21(28(19)3)11-12-22(30)26-23-17(24)7-6-8-20(23)29-13-4-5-14-29/h6-10,15H,4-5,11-14H2,1-3H3,(H,26,30). The van der Waals surface area contributed by atoms with Gasteiger partial charge in [0.05, 0.1) is 21.6 Å². The molecule has 1 saturated heterocycles. The zero-order chi connectivity index (χ0) is 23.8. The van der Waals surface area contributed by atoms with Gasteiger partial charge in [0.25, 0.3) is 0 Å². The number of benzene rings is 2. The molecule has 10 heteroatoms. The van der Waals surface area contributed by atoms with Gasteiger partial charge in [-0.25, -0.2) is 22.1 Å². The Morgan fingerprint density at radius 1 is 1.18 bits per heavy atom. The van der Waals surface area contributed by atoms with Crippen LogP contribution >= 0.6 is 0 Å². The zero-order valence-corrected chi connectivity index (χ0v) is 19.8. The van der Waals surface area contributed by atoms with Gasteiger partial charge in [-0.05, 0) is 43.2 Å². The minimum atomic E-state index is -3.57. The number of sulfonamides is 1. The first-order valence-electron chi connectivity index (χ1n) is 10.9. The molecule has 1 amide bonds. The number of amides is 1. The summed E-state index contributed by atoms with van der Waals surface area (Å²) in [6, 6.07) is 9.63. The third-order valence-corrected chi connectivity index (χ3v) is 7.81. The second-order valence-corrected chi connectivity index (χ2v) is 10.6. The van der Waals surface area contributed by atoms with Crippen LogP contribution in [-0.2, 0) is 28.3 Å². The third-order valence-electron chi connectivity index (χ3n) is 6.00. The van der Waals surface area contributed by atoms with Gasteiger partial charge >= 0.3 is 0 Å². The fraction of sp³-hybridized carbons (Fsp3) is 0.391. The highest BCUT2D eigenvalue weighted by Gasteiger charge is 2.21. The highest BCUT2D eigenvalue weighted by Crippen LogP contribution is 2.31. The summed E-state index contributed by atoms with van der Waals surface area (Å²) >= 11 is 0. The summed E-state index contributed by atoms with van der Waals surface area (Å²) < 4.78 is 42.3. The van der Waals surface area contributed by atoms with Crippen molar-refractivity contribution in [3.05, 3.63) is 48.0 Å². The van der Waals surface area contributed by atoms with Crippen LogP contribution in [0.15, 0.2) is 41.3 Å². The lowest BCUT2D eigenvalue weighted by Crippen LogP contribution is -2.22. The van der Waals surface area contributed by atoms with E-state index in [4.69, 9.17) is 0 Å². The van der Waals surface area contributed by atoms with E-state index in [0.29, 0.717) is 23.4 Å². The van der Waals surface area contributed by atoms with E-state index in [2.05, 4.69) is 15.2 Å². The van der Waals surface area contributed by atoms with Gasteiger partial charge in [0.15, 0.2) is 0 Å². The number of hydrogen-bond donors (Lipinski definition) is 1. The van der Waals surface area contributed by atoms with Crippen molar-refractivity contribution in [3.63, 3.8) is 0 Å². The van der Waals surface area contributed by atoms with E-state index in [-0.39, 0.29) is 22.9 Å². The number of carbonyl (C=O) groups excluding carboxylic acids is 1. The molecule has 0 unspecified atom stereocenters. The summed E-state index contributed by atoms with van der Waals surface area (Å²) in [5.41, 5.74) is 2.24. The Morgan fingerprint density at radius 2 is 1.91 bits per heavy atom. The topological polar surface area (TPSA) is 87.5 Å². The van der Waals surface area contributed by atoms with E-state index in [0.717, 1.165) is 35.8 Å². The maximum absolute atomic E-state index is 14.5. The summed E-state index contributed by atoms with van der Waals surface area (Å²) in [7, 11) is 1.22. The van der Waals surface area contributed by atoms with Crippen LogP contribution in [0.3, 0.4) is 0 Å². The van der Waals surface area contributed by atoms with Crippen molar-refractivity contribution in [3.8, 4) is 0 Å². The summed E-state index contributed by atoms with van der Waals surface area (Å²) in [6.07, 6.45) is 2.55. The predicted molar refractivity (Wildman–Crippen MR) is 126 cm³/mol. The van der Waals surface area contributed by atoms with E-state index in [1.165, 1.54) is 26.2 Å². The van der Waals surface area contributed by atoms with Crippen LogP contribution in [0.1, 0.15) is 25.1 Å². The number of rotatable bonds is 7. The molecule has 176 valence electrons. The maximum Gasteiger partial charge on any atom is 0.242 e. The molecule has 1 aromatic heterocycles. The Labute approximate surface area is 193 Å². The van der Waals surface area contributed by atoms with Crippen LogP contribution in [-0.4, -0.2) is 55.4 Å². The number of anilines is 2. The van der Waals surface area contributed by atoms with Crippen molar-refractivity contribution >= 4 is 38.3 Å². The van der Waals surface area contributed by atoms with Crippen LogP contribution in [0.25, 0.3) is 11.0 Å². The molecule has 0 bridgehead atoms. The summed E-state index contributed by atoms with van der Waals surface area (Å²) in [4.78, 5) is 19.5. The number of aromatic nitrogens is 2. The van der Waals surface area contributed by atoms with Gasteiger partial charge < -0.3 is 14.8 Å². The van der Waals surface area contributed by atoms with Gasteiger partial charge in [-0.1, -0.05) is 6.07 Å². The largest absolute Gasteiger partial charge is 0.370 e. The van der Waals surface area contributed by atoms with Crippen LogP contribution in [0.2, 0.25) is 0 Å². The second-order valence-electron chi connectivity index (χ2n) is 8.40. The molecule has 0 spiro atoms. The minimum Gasteiger partial charge on any atom is -0.370 e. The van der Waals surface area contributed by atoms with Crippen LogP contribution in [0, 0.1) is 5.82 Å². The average Bonchev–Trinajstić information content (AvgIpc) is 3.42. The number of carbonyl (C=O) groups is 1. The molecule has 1 fully saturated rings. The molecule has 2 heterocycles. The number of hydrogen-bond acceptors (Lipinski definition) is 5. The second kappa shape index (κ2) is 9.11. The molecule has 0 aliphatic carbocycles. The van der Waals surface area contributed by atoms with Gasteiger partial charge in [0.2, 0.25) is 15.9 Å². The van der Waals surface area contributed by atoms with E-state index in [9.17, 15) is 17.6 Å². The molecule has 0 radical (unpaired) electrons. The van der Waals surface area contributed by atoms with Crippen LogP contribution < -0.4 is 10.2 Å². The SMILES string of the molecule is CN(C)S(=O)(=O)c1ccc2c(c1)nc(CCC(=O)Nc1c(F)cccc1N1CCCC1)n2C. The Hall–Kier alpha value is -2.98. The predicted octanol–water partition coefficient (Wildman–Crippen LogP) is 3.13. The molecule has 2 aromatic carbocycles. The molecule has 1 N–H and O–H groups in total. The molecule has 0 atom stereocenters. The fourth-order valence-electron chi connectivity index (χ4n) is 4.11. The molecule has 8 nitrogen and oxygen atoms in total. The molecule has 0 saturated carbocycles. The maximum atomic E-state index is 14.5. The molecule has 3 aromatic rings. The number of nitrogens with zero attached hydrogens (tertiary/aromatic N) is 4. The van der Waals surface area contributed by atoms with Gasteiger partial charge in [-0.2, -0.15) is 0 Å². The van der Waals surface area contributed by atoms with Crippen molar-refractivity contribution in [2.24, 2.45) is 7.05 Å². The number of nitrogens with one attached hydrogen (secondary N) is 1. The first-order valence-corrected chi connectivity index (χ1v) is 12.3. The van der Waals surface area contributed by atoms with Crippen molar-refractivity contribution in [2.75, 3.05) is 37.4 Å². The van der Waals surface area contributed by atoms with Crippen LogP contribution in [0.5, 0.6) is 0 Å². The lowest BCUT2D eigenvalue weighted by molar-refractivity contribution is -0.116. The van der Waals surface area contributed by atoms with Crippen molar-refractivity contribution < 1.29 is 17.6 Å². The van der Waals surface area contributed by atoms with Crippen LogP contribution in [0.4, 0.5) is 15.8 Å². The number of aryl methyl sites for hydroxylation is 2. The molecule has 1 aliphatic heterocycles. The Morgan fingerprint density at radius 3 is 2.61 bits per heavy atom. The summed E-state index contributed by atoms with van der Waals surface area (Å²) in [6.45, 7) is 1.69. The number of halogens is 1.